The van der Waals surface area contributed by atoms with Gasteiger partial charge in [0, 0.05) is 18.8 Å². The first-order valence-electron chi connectivity index (χ1n) is 13.4. The number of fused-ring (bicyclic) bond motifs is 5. The molecule has 0 aromatic carbocycles. The lowest BCUT2D eigenvalue weighted by molar-refractivity contribution is -0.205. The van der Waals surface area contributed by atoms with Crippen LogP contribution in [0.4, 0.5) is 0 Å². The van der Waals surface area contributed by atoms with Gasteiger partial charge in [0.1, 0.15) is 6.10 Å². The van der Waals surface area contributed by atoms with E-state index < -0.39 is 34.0 Å². The summed E-state index contributed by atoms with van der Waals surface area (Å²) >= 11 is 0. The lowest BCUT2D eigenvalue weighted by Crippen LogP contribution is -2.63. The second-order valence-corrected chi connectivity index (χ2v) is 13.6. The lowest BCUT2D eigenvalue weighted by atomic mass is 9.43. The topological polar surface area (TPSA) is 147 Å². The van der Waals surface area contributed by atoms with Crippen molar-refractivity contribution in [3.8, 4) is 0 Å². The normalized spacial score (nSPS) is 45.2. The van der Waals surface area contributed by atoms with Gasteiger partial charge in [-0.3, -0.25) is 14.1 Å². The largest absolute Gasteiger partial charge is 0.481 e. The Morgan fingerprint density at radius 1 is 1.08 bits per heavy atom. The highest BCUT2D eigenvalue weighted by Crippen LogP contribution is 2.69. The number of hydrogen-bond donors (Lipinski definition) is 3. The number of aliphatic hydroxyl groups is 1. The third-order valence-electron chi connectivity index (χ3n) is 10.9. The zero-order valence-corrected chi connectivity index (χ0v) is 22.6. The summed E-state index contributed by atoms with van der Waals surface area (Å²) in [6, 6.07) is 0. The van der Waals surface area contributed by atoms with Crippen molar-refractivity contribution in [3.63, 3.8) is 0 Å². The molecule has 0 heterocycles. The van der Waals surface area contributed by atoms with E-state index in [1.54, 1.807) is 0 Å². The molecule has 3 N–H and O–H groups in total. The van der Waals surface area contributed by atoms with Crippen molar-refractivity contribution in [2.45, 2.75) is 104 Å². The molecular formula is C26H42O9S. The first-order valence-corrected chi connectivity index (χ1v) is 14.8. The van der Waals surface area contributed by atoms with Crippen LogP contribution < -0.4 is 0 Å². The van der Waals surface area contributed by atoms with Crippen molar-refractivity contribution in [2.24, 2.45) is 46.3 Å². The molecule has 4 aliphatic rings. The van der Waals surface area contributed by atoms with E-state index >= 15 is 0 Å². The molecule has 0 aliphatic heterocycles. The van der Waals surface area contributed by atoms with Crippen molar-refractivity contribution < 1.29 is 41.7 Å². The minimum atomic E-state index is -4.71. The molecule has 0 spiro atoms. The number of carboxylic acids is 1. The number of carboxylic acid groups (broad SMARTS) is 1. The van der Waals surface area contributed by atoms with Crippen LogP contribution in [0.5, 0.6) is 0 Å². The van der Waals surface area contributed by atoms with Crippen LogP contribution in [-0.2, 0) is 28.9 Å². The minimum Gasteiger partial charge on any atom is -0.481 e. The maximum Gasteiger partial charge on any atom is 0.397 e. The minimum absolute atomic E-state index is 0.000698. The Morgan fingerprint density at radius 2 is 1.78 bits per heavy atom. The van der Waals surface area contributed by atoms with E-state index in [0.29, 0.717) is 25.7 Å². The monoisotopic (exact) mass is 530 g/mol. The molecule has 0 saturated heterocycles. The van der Waals surface area contributed by atoms with Gasteiger partial charge < -0.3 is 14.9 Å². The maximum absolute atomic E-state index is 12.0. The summed E-state index contributed by atoms with van der Waals surface area (Å²) in [5.41, 5.74) is -0.788. The molecule has 0 aromatic heterocycles. The zero-order valence-electron chi connectivity index (χ0n) is 21.8. The van der Waals surface area contributed by atoms with Gasteiger partial charge in [0.15, 0.2) is 0 Å². The van der Waals surface area contributed by atoms with Crippen LogP contribution in [-0.4, -0.2) is 53.4 Å². The molecule has 0 bridgehead atoms. The van der Waals surface area contributed by atoms with E-state index in [1.165, 1.54) is 6.92 Å². The molecule has 0 aromatic rings. The molecular weight excluding hydrogens is 488 g/mol. The average Bonchev–Trinajstić information content (AvgIpc) is 3.10. The maximum atomic E-state index is 12.0. The Labute approximate surface area is 214 Å². The van der Waals surface area contributed by atoms with E-state index in [0.717, 1.165) is 25.7 Å². The van der Waals surface area contributed by atoms with Gasteiger partial charge in [0.05, 0.1) is 12.2 Å². The van der Waals surface area contributed by atoms with Crippen molar-refractivity contribution in [1.82, 2.24) is 0 Å². The average molecular weight is 531 g/mol. The predicted octanol–water partition coefficient (Wildman–Crippen LogP) is 3.85. The van der Waals surface area contributed by atoms with E-state index in [9.17, 15) is 32.8 Å². The molecule has 10 heteroatoms. The molecule has 36 heavy (non-hydrogen) atoms. The predicted molar refractivity (Wildman–Crippen MR) is 130 cm³/mol. The number of esters is 1. The fourth-order valence-electron chi connectivity index (χ4n) is 9.27. The summed E-state index contributed by atoms with van der Waals surface area (Å²) < 4.78 is 44.7. The van der Waals surface area contributed by atoms with Gasteiger partial charge in [-0.2, -0.15) is 8.42 Å². The number of hydrogen-bond acceptors (Lipinski definition) is 7. The van der Waals surface area contributed by atoms with Gasteiger partial charge in [0.2, 0.25) is 0 Å². The first kappa shape index (κ1) is 27.8. The Balaban J connectivity index is 1.67. The highest BCUT2D eigenvalue weighted by atomic mass is 32.3. The van der Waals surface area contributed by atoms with E-state index in [-0.39, 0.29) is 59.4 Å². The third kappa shape index (κ3) is 4.95. The number of carbonyl (C=O) groups is 2. The highest BCUT2D eigenvalue weighted by molar-refractivity contribution is 7.80. The summed E-state index contributed by atoms with van der Waals surface area (Å²) in [6.45, 7) is 7.67. The molecule has 0 unspecified atom stereocenters. The standard InChI is InChI=1S/C26H42O9S/c1-14(5-8-23(29)30)18-6-7-19-24-20(13-22(26(18,19)4)35-36(31,32)33)25(3)10-9-17(34-15(2)27)11-16(25)12-21(24)28/h14,16-22,24,28H,5-13H2,1-4H3,(H,29,30)(H,31,32,33)/t14-,16+,17-,18-,19+,20+,21-,22+,24+,25+,26-/m1/s1. The molecule has 9 nitrogen and oxygen atoms in total. The van der Waals surface area contributed by atoms with E-state index in [1.807, 2.05) is 13.8 Å². The van der Waals surface area contributed by atoms with Gasteiger partial charge in [-0.25, -0.2) is 4.18 Å². The van der Waals surface area contributed by atoms with E-state index in [2.05, 4.69) is 6.92 Å². The molecule has 0 amide bonds. The molecule has 11 atom stereocenters. The van der Waals surface area contributed by atoms with Crippen LogP contribution >= 0.6 is 0 Å². The number of ether oxygens (including phenoxy) is 1. The second kappa shape index (κ2) is 9.82. The Hall–Kier alpha value is -1.23. The summed E-state index contributed by atoms with van der Waals surface area (Å²) in [5, 5.41) is 20.7. The first-order chi connectivity index (χ1) is 16.7. The van der Waals surface area contributed by atoms with Gasteiger partial charge in [0.25, 0.3) is 0 Å². The van der Waals surface area contributed by atoms with Gasteiger partial charge in [-0.05, 0) is 92.3 Å². The van der Waals surface area contributed by atoms with Crippen LogP contribution in [0.15, 0.2) is 0 Å². The number of aliphatic hydroxyl groups excluding tert-OH is 1. The molecule has 4 saturated carbocycles. The van der Waals surface area contributed by atoms with Crippen molar-refractivity contribution in [2.75, 3.05) is 0 Å². The molecule has 4 aliphatic carbocycles. The summed E-state index contributed by atoms with van der Waals surface area (Å²) in [5.74, 6) is -1.00. The summed E-state index contributed by atoms with van der Waals surface area (Å²) in [4.78, 5) is 22.8. The fraction of sp³-hybridized carbons (Fsp3) is 0.923. The lowest BCUT2D eigenvalue weighted by Gasteiger charge is -2.63. The molecule has 4 fully saturated rings. The van der Waals surface area contributed by atoms with Crippen molar-refractivity contribution in [3.05, 3.63) is 0 Å². The van der Waals surface area contributed by atoms with Gasteiger partial charge in [-0.1, -0.05) is 20.8 Å². The summed E-state index contributed by atoms with van der Waals surface area (Å²) in [6.07, 6.45) is 3.88. The molecule has 0 radical (unpaired) electrons. The fourth-order valence-corrected chi connectivity index (χ4v) is 9.85. The van der Waals surface area contributed by atoms with Crippen LogP contribution in [0, 0.1) is 46.3 Å². The summed E-state index contributed by atoms with van der Waals surface area (Å²) in [7, 11) is -4.71. The quantitative estimate of drug-likeness (QED) is 0.330. The van der Waals surface area contributed by atoms with Crippen molar-refractivity contribution >= 4 is 22.3 Å². The van der Waals surface area contributed by atoms with Gasteiger partial charge >= 0.3 is 22.3 Å². The SMILES string of the molecule is CC(=O)O[C@@H]1CC[C@@]2(C)[C@@H](C1)C[C@@H](O)[C@@H]1[C@@H]2C[C@H](OS(=O)(=O)O)[C@]2(C)[C@@H]([C@H](C)CCC(=O)O)CC[C@@H]12. The second-order valence-electron chi connectivity index (χ2n) is 12.5. The van der Waals surface area contributed by atoms with Crippen LogP contribution in [0.2, 0.25) is 0 Å². The van der Waals surface area contributed by atoms with Gasteiger partial charge in [-0.15, -0.1) is 0 Å². The van der Waals surface area contributed by atoms with E-state index in [4.69, 9.17) is 8.92 Å². The Kier molecular flexibility index (Phi) is 7.58. The van der Waals surface area contributed by atoms with Crippen LogP contribution in [0.3, 0.4) is 0 Å². The van der Waals surface area contributed by atoms with Crippen LogP contribution in [0.25, 0.3) is 0 Å². The number of aliphatic carboxylic acids is 1. The molecule has 4 rings (SSSR count). The van der Waals surface area contributed by atoms with Crippen LogP contribution in [0.1, 0.15) is 85.5 Å². The highest BCUT2D eigenvalue weighted by Gasteiger charge is 2.67. The van der Waals surface area contributed by atoms with Crippen molar-refractivity contribution in [1.29, 1.82) is 0 Å². The number of carbonyl (C=O) groups excluding carboxylic acids is 1. The smallest absolute Gasteiger partial charge is 0.397 e. The molecule has 206 valence electrons. The number of rotatable bonds is 7. The Bertz CT molecular complexity index is 966. The Morgan fingerprint density at radius 3 is 2.39 bits per heavy atom. The third-order valence-corrected chi connectivity index (χ3v) is 11.3. The zero-order chi connectivity index (χ0) is 26.6.